The van der Waals surface area contributed by atoms with Crippen molar-refractivity contribution < 1.29 is 29.3 Å². The van der Waals surface area contributed by atoms with Gasteiger partial charge in [0.1, 0.15) is 5.60 Å². The lowest BCUT2D eigenvalue weighted by atomic mass is 9.46. The zero-order valence-electron chi connectivity index (χ0n) is 23.2. The predicted molar refractivity (Wildman–Crippen MR) is 147 cm³/mol. The van der Waals surface area contributed by atoms with E-state index in [1.807, 2.05) is 17.9 Å². The number of Topliss-reactive ketones (excluding diaryl/α,β-unsaturated/α-hetero) is 1. The Hall–Kier alpha value is -1.58. The van der Waals surface area contributed by atoms with E-state index in [4.69, 9.17) is 16.3 Å². The molecular formula is C30H43ClN2O6. The second-order valence-electron chi connectivity index (χ2n) is 12.9. The van der Waals surface area contributed by atoms with E-state index < -0.39 is 40.9 Å². The van der Waals surface area contributed by atoms with Gasteiger partial charge < -0.3 is 19.8 Å². The van der Waals surface area contributed by atoms with Crippen molar-refractivity contribution in [1.82, 2.24) is 9.80 Å². The van der Waals surface area contributed by atoms with Crippen LogP contribution >= 0.6 is 11.6 Å². The average Bonchev–Trinajstić information content (AvgIpc) is 3.18. The maximum atomic E-state index is 13.5. The number of hydrogen-bond donors (Lipinski definition) is 2. The summed E-state index contributed by atoms with van der Waals surface area (Å²) in [4.78, 5) is 42.4. The summed E-state index contributed by atoms with van der Waals surface area (Å²) in [5.41, 5.74) is -1.77. The van der Waals surface area contributed by atoms with Crippen molar-refractivity contribution >= 4 is 29.1 Å². The highest BCUT2D eigenvalue weighted by molar-refractivity contribution is 6.17. The maximum Gasteiger partial charge on any atom is 0.320 e. The molecule has 1 saturated heterocycles. The van der Waals surface area contributed by atoms with Crippen LogP contribution in [0.2, 0.25) is 0 Å². The zero-order valence-corrected chi connectivity index (χ0v) is 24.0. The molecule has 39 heavy (non-hydrogen) atoms. The highest BCUT2D eigenvalue weighted by Crippen LogP contribution is 2.67. The fourth-order valence-corrected chi connectivity index (χ4v) is 8.86. The number of ether oxygens (including phenoxy) is 1. The number of carbonyl (C=O) groups is 3. The fraction of sp³-hybridized carbons (Fsp3) is 0.767. The van der Waals surface area contributed by atoms with Gasteiger partial charge in [-0.2, -0.15) is 0 Å². The molecule has 4 fully saturated rings. The first kappa shape index (κ1) is 28.9. The van der Waals surface area contributed by atoms with Crippen LogP contribution in [0.3, 0.4) is 0 Å². The van der Waals surface area contributed by atoms with Crippen LogP contribution in [0.5, 0.6) is 0 Å². The molecule has 0 amide bonds. The van der Waals surface area contributed by atoms with Gasteiger partial charge in [-0.25, -0.2) is 0 Å². The number of fused-ring (bicyclic) bond motifs is 5. The third kappa shape index (κ3) is 5.05. The van der Waals surface area contributed by atoms with Crippen LogP contribution in [-0.2, 0) is 19.1 Å². The van der Waals surface area contributed by atoms with Crippen LogP contribution in [0.15, 0.2) is 23.8 Å². The second kappa shape index (κ2) is 11.0. The molecule has 3 saturated carbocycles. The number of alkyl halides is 1. The van der Waals surface area contributed by atoms with Crippen LogP contribution in [-0.4, -0.2) is 101 Å². The van der Waals surface area contributed by atoms with E-state index in [0.717, 1.165) is 57.6 Å². The number of aliphatic hydroxyl groups excluding tert-OH is 1. The molecule has 216 valence electrons. The van der Waals surface area contributed by atoms with Crippen molar-refractivity contribution in [3.05, 3.63) is 23.8 Å². The first-order valence-corrected chi connectivity index (χ1v) is 15.1. The molecule has 5 rings (SSSR count). The summed E-state index contributed by atoms with van der Waals surface area (Å²) in [5.74, 6) is -0.155. The van der Waals surface area contributed by atoms with Crippen molar-refractivity contribution in [2.45, 2.75) is 64.1 Å². The van der Waals surface area contributed by atoms with Crippen molar-refractivity contribution in [2.24, 2.45) is 28.6 Å². The van der Waals surface area contributed by atoms with Crippen LogP contribution in [0.1, 0.15) is 52.4 Å². The summed E-state index contributed by atoms with van der Waals surface area (Å²) in [6, 6.07) is 0. The molecule has 0 aromatic heterocycles. The van der Waals surface area contributed by atoms with Crippen LogP contribution in [0.25, 0.3) is 0 Å². The molecule has 0 aromatic carbocycles. The minimum Gasteiger partial charge on any atom is -0.457 e. The molecule has 0 spiro atoms. The van der Waals surface area contributed by atoms with Gasteiger partial charge in [-0.1, -0.05) is 25.5 Å². The van der Waals surface area contributed by atoms with E-state index in [1.165, 1.54) is 0 Å². The summed E-state index contributed by atoms with van der Waals surface area (Å²) < 4.78 is 5.40. The number of nitrogens with zero attached hydrogens (tertiary/aromatic N) is 2. The molecule has 1 unspecified atom stereocenters. The SMILES string of the molecule is C[C@]12C=CC(=O)C=C1CC[C@@H]1[C@@H]2C(O)C[C@@]2(C)[C@H]1CC[C@]2(O)C(=O)COC(=O)CN1CCN(CCCCl)CC1. The van der Waals surface area contributed by atoms with Gasteiger partial charge in [-0.15, -0.1) is 11.6 Å². The second-order valence-corrected chi connectivity index (χ2v) is 13.2. The number of ketones is 2. The number of halogens is 1. The van der Waals surface area contributed by atoms with Gasteiger partial charge in [-0.3, -0.25) is 19.3 Å². The highest BCUT2D eigenvalue weighted by atomic mass is 35.5. The van der Waals surface area contributed by atoms with E-state index in [-0.39, 0.29) is 30.1 Å². The lowest BCUT2D eigenvalue weighted by molar-refractivity contribution is -0.181. The van der Waals surface area contributed by atoms with Crippen molar-refractivity contribution in [2.75, 3.05) is 51.8 Å². The first-order valence-electron chi connectivity index (χ1n) is 14.6. The lowest BCUT2D eigenvalue weighted by Crippen LogP contribution is -2.61. The molecule has 0 bridgehead atoms. The average molecular weight is 563 g/mol. The van der Waals surface area contributed by atoms with Gasteiger partial charge in [0.2, 0.25) is 5.78 Å². The topological polar surface area (TPSA) is 107 Å². The van der Waals surface area contributed by atoms with Gasteiger partial charge in [0, 0.05) is 48.8 Å². The van der Waals surface area contributed by atoms with Gasteiger partial charge in [0.25, 0.3) is 0 Å². The number of hydrogen-bond acceptors (Lipinski definition) is 8. The molecule has 4 aliphatic carbocycles. The minimum atomic E-state index is -1.65. The molecule has 0 radical (unpaired) electrons. The number of carbonyl (C=O) groups excluding carboxylic acids is 3. The maximum absolute atomic E-state index is 13.5. The quantitative estimate of drug-likeness (QED) is 0.343. The van der Waals surface area contributed by atoms with Gasteiger partial charge in [0.05, 0.1) is 12.6 Å². The van der Waals surface area contributed by atoms with Gasteiger partial charge in [-0.05, 0) is 69.1 Å². The van der Waals surface area contributed by atoms with Gasteiger partial charge >= 0.3 is 5.97 Å². The molecule has 1 heterocycles. The third-order valence-electron chi connectivity index (χ3n) is 10.9. The summed E-state index contributed by atoms with van der Waals surface area (Å²) in [7, 11) is 0. The van der Waals surface area contributed by atoms with Crippen molar-refractivity contribution in [1.29, 1.82) is 0 Å². The number of piperazine rings is 1. The zero-order chi connectivity index (χ0) is 28.0. The Kier molecular flexibility index (Phi) is 8.17. The van der Waals surface area contributed by atoms with Crippen LogP contribution in [0.4, 0.5) is 0 Å². The molecule has 0 aromatic rings. The van der Waals surface area contributed by atoms with E-state index >= 15 is 0 Å². The Morgan fingerprint density at radius 1 is 1.15 bits per heavy atom. The molecular weight excluding hydrogens is 520 g/mol. The number of allylic oxidation sites excluding steroid dienone is 4. The van der Waals surface area contributed by atoms with E-state index in [1.54, 1.807) is 12.2 Å². The Bertz CT molecular complexity index is 1050. The highest BCUT2D eigenvalue weighted by Gasteiger charge is 2.68. The summed E-state index contributed by atoms with van der Waals surface area (Å²) in [6.07, 6.45) is 8.41. The largest absolute Gasteiger partial charge is 0.457 e. The molecule has 9 heteroatoms. The molecule has 1 aliphatic heterocycles. The first-order chi connectivity index (χ1) is 18.5. The standard InChI is InChI=1S/C30H43ClN2O6/c1-28-8-6-21(34)16-20(28)4-5-22-23-7-9-30(38,29(23,2)17-24(35)27(22)28)25(36)19-39-26(37)18-33-14-12-32(13-15-33)11-3-10-31/h6,8,16,22-24,27,35,38H,3-5,7,9-15,17-19H2,1-2H3/t22-,23-,24?,27+,28-,29-,30-/m0/s1. The van der Waals surface area contributed by atoms with E-state index in [0.29, 0.717) is 25.1 Å². The minimum absolute atomic E-state index is 0.00373. The van der Waals surface area contributed by atoms with Crippen molar-refractivity contribution in [3.63, 3.8) is 0 Å². The Labute approximate surface area is 236 Å². The summed E-state index contributed by atoms with van der Waals surface area (Å²) in [5, 5.41) is 23.3. The Morgan fingerprint density at radius 2 is 1.87 bits per heavy atom. The predicted octanol–water partition coefficient (Wildman–Crippen LogP) is 2.35. The Balaban J connectivity index is 1.20. The van der Waals surface area contributed by atoms with Gasteiger partial charge in [0.15, 0.2) is 12.4 Å². The molecule has 5 aliphatic rings. The molecule has 8 nitrogen and oxygen atoms in total. The number of aliphatic hydroxyl groups is 2. The molecule has 2 N–H and O–H groups in total. The monoisotopic (exact) mass is 562 g/mol. The smallest absolute Gasteiger partial charge is 0.320 e. The van der Waals surface area contributed by atoms with E-state index in [2.05, 4.69) is 11.8 Å². The van der Waals surface area contributed by atoms with E-state index in [9.17, 15) is 24.6 Å². The number of esters is 1. The van der Waals surface area contributed by atoms with Crippen molar-refractivity contribution in [3.8, 4) is 0 Å². The lowest BCUT2D eigenvalue weighted by Gasteiger charge is -2.59. The Morgan fingerprint density at radius 3 is 2.59 bits per heavy atom. The fourth-order valence-electron chi connectivity index (χ4n) is 8.74. The van der Waals surface area contributed by atoms with Crippen LogP contribution < -0.4 is 0 Å². The number of rotatable bonds is 8. The van der Waals surface area contributed by atoms with Crippen LogP contribution in [0, 0.1) is 28.6 Å². The summed E-state index contributed by atoms with van der Waals surface area (Å²) >= 11 is 5.78. The normalized spacial score (nSPS) is 40.4. The third-order valence-corrected chi connectivity index (χ3v) is 11.2. The molecule has 7 atom stereocenters. The summed E-state index contributed by atoms with van der Waals surface area (Å²) in [6.45, 7) is 7.93.